The van der Waals surface area contributed by atoms with Crippen LogP contribution in [0.25, 0.3) is 34.0 Å². The minimum absolute atomic E-state index is 0.380. The summed E-state index contributed by atoms with van der Waals surface area (Å²) >= 11 is 0. The van der Waals surface area contributed by atoms with Crippen molar-refractivity contribution in [3.05, 3.63) is 77.9 Å². The third-order valence-corrected chi connectivity index (χ3v) is 4.97. The maximum absolute atomic E-state index is 10.7. The Balaban J connectivity index is 1.64. The van der Waals surface area contributed by atoms with Crippen LogP contribution in [-0.2, 0) is 16.1 Å². The molecule has 7 heteroatoms. The second-order valence-corrected chi connectivity index (χ2v) is 7.25. The van der Waals surface area contributed by atoms with Crippen LogP contribution in [0.3, 0.4) is 0 Å². The Hall–Kier alpha value is -3.97. The Morgan fingerprint density at radius 1 is 1.00 bits per heavy atom. The number of rotatable bonds is 8. The number of aliphatic carboxylic acids is 1. The molecule has 4 aromatic rings. The van der Waals surface area contributed by atoms with Crippen molar-refractivity contribution >= 4 is 5.97 Å². The first-order chi connectivity index (χ1) is 15.5. The maximum atomic E-state index is 10.7. The van der Waals surface area contributed by atoms with Crippen molar-refractivity contribution in [2.24, 2.45) is 0 Å². The molecule has 3 aromatic carbocycles. The molecule has 0 saturated heterocycles. The van der Waals surface area contributed by atoms with Crippen molar-refractivity contribution in [1.29, 1.82) is 0 Å². The van der Waals surface area contributed by atoms with E-state index in [0.29, 0.717) is 29.6 Å². The van der Waals surface area contributed by atoms with Crippen LogP contribution in [0, 0.1) is 6.92 Å². The molecule has 4 rings (SSSR count). The molecule has 0 unspecified atom stereocenters. The highest BCUT2D eigenvalue weighted by atomic mass is 16.5. The first kappa shape index (κ1) is 21.3. The summed E-state index contributed by atoms with van der Waals surface area (Å²) in [4.78, 5) is 15.2. The lowest BCUT2D eigenvalue weighted by molar-refractivity contribution is -0.139. The molecule has 7 nitrogen and oxygen atoms in total. The Bertz CT molecular complexity index is 1250. The molecule has 0 aliphatic carbocycles. The van der Waals surface area contributed by atoms with Crippen molar-refractivity contribution in [3.8, 4) is 39.7 Å². The molecule has 32 heavy (non-hydrogen) atoms. The fraction of sp³-hybridized carbons (Fsp3) is 0.160. The lowest BCUT2D eigenvalue weighted by atomic mass is 9.94. The van der Waals surface area contributed by atoms with E-state index in [1.807, 2.05) is 30.3 Å². The minimum atomic E-state index is -1.04. The summed E-state index contributed by atoms with van der Waals surface area (Å²) in [7, 11) is 1.67. The number of ether oxygens (including phenoxy) is 2. The monoisotopic (exact) mass is 430 g/mol. The number of carboxylic acids is 1. The van der Waals surface area contributed by atoms with Crippen molar-refractivity contribution < 1.29 is 23.9 Å². The van der Waals surface area contributed by atoms with E-state index in [1.54, 1.807) is 31.4 Å². The summed E-state index contributed by atoms with van der Waals surface area (Å²) in [5.41, 5.74) is 5.89. The summed E-state index contributed by atoms with van der Waals surface area (Å²) in [5.74, 6) is 0.141. The lowest BCUT2D eigenvalue weighted by Gasteiger charge is -2.12. The topological polar surface area (TPSA) is 94.7 Å². The first-order valence-corrected chi connectivity index (χ1v) is 10.0. The molecule has 0 aliphatic rings. The van der Waals surface area contributed by atoms with Crippen LogP contribution in [0.5, 0.6) is 5.75 Å². The highest BCUT2D eigenvalue weighted by Crippen LogP contribution is 2.32. The fourth-order valence-electron chi connectivity index (χ4n) is 3.47. The van der Waals surface area contributed by atoms with Crippen molar-refractivity contribution in [1.82, 2.24) is 10.1 Å². The van der Waals surface area contributed by atoms with Gasteiger partial charge >= 0.3 is 5.97 Å². The van der Waals surface area contributed by atoms with Gasteiger partial charge in [0.15, 0.2) is 6.61 Å². The first-order valence-electron chi connectivity index (χ1n) is 10.0. The van der Waals surface area contributed by atoms with Gasteiger partial charge < -0.3 is 19.1 Å². The second-order valence-electron chi connectivity index (χ2n) is 7.25. The fourth-order valence-corrected chi connectivity index (χ4v) is 3.47. The minimum Gasteiger partial charge on any atom is -0.482 e. The van der Waals surface area contributed by atoms with Crippen LogP contribution < -0.4 is 4.74 Å². The standard InChI is InChI=1S/C25H22N2O5/c1-16-6-3-4-9-21(16)22-11-10-18(12-19(22)14-30-2)25-26-24(27-32-25)17-7-5-8-20(13-17)31-15-23(28)29/h3-13H,14-15H2,1-2H3,(H,28,29). The number of methoxy groups -OCH3 is 1. The molecular formula is C25H22N2O5. The molecule has 0 radical (unpaired) electrons. The zero-order chi connectivity index (χ0) is 22.5. The smallest absolute Gasteiger partial charge is 0.341 e. The Morgan fingerprint density at radius 2 is 1.84 bits per heavy atom. The van der Waals surface area contributed by atoms with Gasteiger partial charge in [-0.25, -0.2) is 4.79 Å². The lowest BCUT2D eigenvalue weighted by Crippen LogP contribution is -2.09. The zero-order valence-corrected chi connectivity index (χ0v) is 17.7. The summed E-state index contributed by atoms with van der Waals surface area (Å²) in [6, 6.07) is 21.1. The molecule has 0 saturated carbocycles. The molecule has 1 N–H and O–H groups in total. The number of benzene rings is 3. The van der Waals surface area contributed by atoms with E-state index >= 15 is 0 Å². The van der Waals surface area contributed by atoms with Gasteiger partial charge in [-0.2, -0.15) is 4.98 Å². The molecule has 0 atom stereocenters. The van der Waals surface area contributed by atoms with Gasteiger partial charge in [0, 0.05) is 18.2 Å². The van der Waals surface area contributed by atoms with E-state index in [1.165, 1.54) is 5.56 Å². The van der Waals surface area contributed by atoms with E-state index in [9.17, 15) is 4.79 Å². The van der Waals surface area contributed by atoms with Gasteiger partial charge in [-0.15, -0.1) is 0 Å². The van der Waals surface area contributed by atoms with E-state index in [2.05, 4.69) is 29.2 Å². The maximum Gasteiger partial charge on any atom is 0.341 e. The van der Waals surface area contributed by atoms with Crippen LogP contribution in [0.4, 0.5) is 0 Å². The Labute approximate surface area is 185 Å². The summed E-state index contributed by atoms with van der Waals surface area (Å²) < 4.78 is 16.2. The largest absolute Gasteiger partial charge is 0.482 e. The third kappa shape index (κ3) is 4.68. The number of carbonyl (C=O) groups is 1. The van der Waals surface area contributed by atoms with Crippen molar-refractivity contribution in [2.75, 3.05) is 13.7 Å². The van der Waals surface area contributed by atoms with Crippen LogP contribution in [0.2, 0.25) is 0 Å². The summed E-state index contributed by atoms with van der Waals surface area (Å²) in [5, 5.41) is 12.9. The molecule has 0 fully saturated rings. The molecule has 1 aromatic heterocycles. The second kappa shape index (κ2) is 9.45. The van der Waals surface area contributed by atoms with Gasteiger partial charge in [-0.3, -0.25) is 0 Å². The van der Waals surface area contributed by atoms with Gasteiger partial charge in [0.05, 0.1) is 6.61 Å². The summed E-state index contributed by atoms with van der Waals surface area (Å²) in [6.07, 6.45) is 0. The SMILES string of the molecule is COCc1cc(-c2nc(-c3cccc(OCC(=O)O)c3)no2)ccc1-c1ccccc1C. The van der Waals surface area contributed by atoms with Crippen LogP contribution in [0.1, 0.15) is 11.1 Å². The predicted octanol–water partition coefficient (Wildman–Crippen LogP) is 4.99. The van der Waals surface area contributed by atoms with Crippen molar-refractivity contribution in [3.63, 3.8) is 0 Å². The van der Waals surface area contributed by atoms with Gasteiger partial charge in [0.1, 0.15) is 5.75 Å². The number of aryl methyl sites for hydroxylation is 1. The van der Waals surface area contributed by atoms with Crippen LogP contribution in [-0.4, -0.2) is 34.9 Å². The Kier molecular flexibility index (Phi) is 6.28. The van der Waals surface area contributed by atoms with Gasteiger partial charge in [0.25, 0.3) is 5.89 Å². The number of hydrogen-bond donors (Lipinski definition) is 1. The highest BCUT2D eigenvalue weighted by molar-refractivity contribution is 5.74. The van der Waals surface area contributed by atoms with Gasteiger partial charge in [-0.1, -0.05) is 47.6 Å². The van der Waals surface area contributed by atoms with E-state index < -0.39 is 12.6 Å². The normalized spacial score (nSPS) is 10.8. The van der Waals surface area contributed by atoms with Crippen molar-refractivity contribution in [2.45, 2.75) is 13.5 Å². The zero-order valence-electron chi connectivity index (χ0n) is 17.7. The van der Waals surface area contributed by atoms with E-state index in [4.69, 9.17) is 19.1 Å². The molecule has 0 bridgehead atoms. The predicted molar refractivity (Wildman–Crippen MR) is 119 cm³/mol. The molecular weight excluding hydrogens is 408 g/mol. The number of hydrogen-bond acceptors (Lipinski definition) is 6. The van der Waals surface area contributed by atoms with E-state index in [0.717, 1.165) is 22.3 Å². The molecule has 1 heterocycles. The van der Waals surface area contributed by atoms with Crippen LogP contribution in [0.15, 0.2) is 71.3 Å². The summed E-state index contributed by atoms with van der Waals surface area (Å²) in [6.45, 7) is 2.11. The average molecular weight is 430 g/mol. The van der Waals surface area contributed by atoms with Crippen LogP contribution >= 0.6 is 0 Å². The quantitative estimate of drug-likeness (QED) is 0.421. The van der Waals surface area contributed by atoms with Gasteiger partial charge in [0.2, 0.25) is 5.82 Å². The number of nitrogens with zero attached hydrogens (tertiary/aromatic N) is 2. The van der Waals surface area contributed by atoms with Gasteiger partial charge in [-0.05, 0) is 53.4 Å². The highest BCUT2D eigenvalue weighted by Gasteiger charge is 2.15. The molecule has 0 spiro atoms. The molecule has 0 aliphatic heterocycles. The Morgan fingerprint density at radius 3 is 2.62 bits per heavy atom. The molecule has 0 amide bonds. The van der Waals surface area contributed by atoms with E-state index in [-0.39, 0.29) is 0 Å². The number of aromatic nitrogens is 2. The average Bonchev–Trinajstić information content (AvgIpc) is 3.29. The molecule has 162 valence electrons. The third-order valence-electron chi connectivity index (χ3n) is 4.97. The number of carboxylic acid groups (broad SMARTS) is 1.